The predicted octanol–water partition coefficient (Wildman–Crippen LogP) is 2.69. The highest BCUT2D eigenvalue weighted by Crippen LogP contribution is 2.24. The Labute approximate surface area is 97.4 Å². The fourth-order valence-corrected chi connectivity index (χ4v) is 2.13. The first-order valence-corrected chi connectivity index (χ1v) is 5.71. The van der Waals surface area contributed by atoms with Gasteiger partial charge in [-0.15, -0.1) is 11.8 Å². The van der Waals surface area contributed by atoms with Crippen LogP contribution in [-0.2, 0) is 0 Å². The third-order valence-electron chi connectivity index (χ3n) is 2.03. The molecular weight excluding hydrogens is 230 g/mol. The third kappa shape index (κ3) is 3.80. The maximum atomic E-state index is 13.2. The van der Waals surface area contributed by atoms with E-state index < -0.39 is 17.2 Å². The van der Waals surface area contributed by atoms with Crippen LogP contribution in [-0.4, -0.2) is 11.3 Å². The summed E-state index contributed by atoms with van der Waals surface area (Å²) in [7, 11) is 0. The summed E-state index contributed by atoms with van der Waals surface area (Å²) in [5.41, 5.74) is 4.71. The smallest absolute Gasteiger partial charge is 0.139 e. The third-order valence-corrected chi connectivity index (χ3v) is 3.08. The molecular formula is C11H12F2N2S. The lowest BCUT2D eigenvalue weighted by Crippen LogP contribution is -2.34. The van der Waals surface area contributed by atoms with E-state index in [0.29, 0.717) is 17.1 Å². The molecule has 0 spiro atoms. The van der Waals surface area contributed by atoms with Crippen LogP contribution in [0.5, 0.6) is 0 Å². The van der Waals surface area contributed by atoms with Crippen molar-refractivity contribution in [3.63, 3.8) is 0 Å². The quantitative estimate of drug-likeness (QED) is 0.826. The highest BCUT2D eigenvalue weighted by Gasteiger charge is 2.17. The van der Waals surface area contributed by atoms with Gasteiger partial charge in [-0.1, -0.05) is 0 Å². The molecule has 1 rings (SSSR count). The highest BCUT2D eigenvalue weighted by atomic mass is 32.2. The Balaban J connectivity index is 2.53. The fraction of sp³-hybridized carbons (Fsp3) is 0.364. The van der Waals surface area contributed by atoms with Crippen molar-refractivity contribution in [2.24, 2.45) is 5.73 Å². The van der Waals surface area contributed by atoms with E-state index in [9.17, 15) is 8.78 Å². The minimum atomic E-state index is -0.899. The molecule has 0 radical (unpaired) electrons. The molecule has 0 fully saturated rings. The number of hydrogen-bond acceptors (Lipinski definition) is 3. The van der Waals surface area contributed by atoms with Gasteiger partial charge < -0.3 is 5.73 Å². The molecule has 2 nitrogen and oxygen atoms in total. The summed E-state index contributed by atoms with van der Waals surface area (Å²) in [6, 6.07) is 5.39. The zero-order valence-electron chi connectivity index (χ0n) is 8.84. The Hall–Kier alpha value is -1.12. The summed E-state index contributed by atoms with van der Waals surface area (Å²) < 4.78 is 25.8. The van der Waals surface area contributed by atoms with Gasteiger partial charge >= 0.3 is 0 Å². The lowest BCUT2D eigenvalue weighted by atomic mass is 10.0. The van der Waals surface area contributed by atoms with Crippen molar-refractivity contribution >= 4 is 11.8 Å². The van der Waals surface area contributed by atoms with Gasteiger partial charge in [-0.2, -0.15) is 5.26 Å². The van der Waals surface area contributed by atoms with Crippen LogP contribution in [0.2, 0.25) is 0 Å². The van der Waals surface area contributed by atoms with Crippen molar-refractivity contribution in [1.29, 1.82) is 5.26 Å². The molecule has 0 aliphatic heterocycles. The molecule has 0 bridgehead atoms. The van der Waals surface area contributed by atoms with Gasteiger partial charge in [-0.05, 0) is 25.5 Å². The second kappa shape index (κ2) is 5.28. The number of hydrogen-bond donors (Lipinski definition) is 1. The van der Waals surface area contributed by atoms with E-state index in [1.165, 1.54) is 23.9 Å². The molecule has 0 saturated carbocycles. The number of nitrogens with two attached hydrogens (primary N) is 1. The minimum Gasteiger partial charge on any atom is -0.314 e. The first-order chi connectivity index (χ1) is 7.44. The van der Waals surface area contributed by atoms with Crippen LogP contribution < -0.4 is 5.73 Å². The average Bonchev–Trinajstić information content (AvgIpc) is 2.21. The van der Waals surface area contributed by atoms with E-state index in [1.807, 2.05) is 6.07 Å². The van der Waals surface area contributed by atoms with Crippen LogP contribution in [0.3, 0.4) is 0 Å². The van der Waals surface area contributed by atoms with Crippen LogP contribution in [0.1, 0.15) is 13.3 Å². The molecule has 0 heterocycles. The van der Waals surface area contributed by atoms with Gasteiger partial charge in [0.1, 0.15) is 17.2 Å². The van der Waals surface area contributed by atoms with Gasteiger partial charge in [0.05, 0.1) is 6.07 Å². The summed E-state index contributed by atoms with van der Waals surface area (Å²) in [4.78, 5) is 0.370. The molecule has 1 aromatic carbocycles. The topological polar surface area (TPSA) is 49.8 Å². The van der Waals surface area contributed by atoms with Crippen molar-refractivity contribution in [2.75, 3.05) is 5.75 Å². The summed E-state index contributed by atoms with van der Waals surface area (Å²) >= 11 is 1.23. The number of nitrogens with zero attached hydrogens (tertiary/aromatic N) is 1. The Bertz CT molecular complexity index is 413. The predicted molar refractivity (Wildman–Crippen MR) is 59.9 cm³/mol. The van der Waals surface area contributed by atoms with Crippen molar-refractivity contribution < 1.29 is 8.78 Å². The van der Waals surface area contributed by atoms with E-state index in [2.05, 4.69) is 0 Å². The standard InChI is InChI=1S/C11H12F2N2S/c1-11(15,7-14)4-5-16-10-3-2-8(12)6-9(10)13/h2-3,6H,4-5,15H2,1H3. The molecule has 0 aliphatic rings. The second-order valence-corrected chi connectivity index (χ2v) is 4.84. The number of halogens is 2. The highest BCUT2D eigenvalue weighted by molar-refractivity contribution is 7.99. The normalized spacial score (nSPS) is 14.2. The van der Waals surface area contributed by atoms with Crippen molar-refractivity contribution in [2.45, 2.75) is 23.8 Å². The first kappa shape index (κ1) is 12.9. The molecule has 1 aromatic rings. The lowest BCUT2D eigenvalue weighted by molar-refractivity contribution is 0.564. The van der Waals surface area contributed by atoms with Crippen LogP contribution in [0.15, 0.2) is 23.1 Å². The summed E-state index contributed by atoms with van der Waals surface area (Å²) in [6.07, 6.45) is 0.449. The van der Waals surface area contributed by atoms with E-state index in [4.69, 9.17) is 11.0 Å². The van der Waals surface area contributed by atoms with Crippen molar-refractivity contribution in [3.8, 4) is 6.07 Å². The number of rotatable bonds is 4. The lowest BCUT2D eigenvalue weighted by Gasteiger charge is -2.14. The SMILES string of the molecule is CC(N)(C#N)CCSc1ccc(F)cc1F. The maximum absolute atomic E-state index is 13.2. The molecule has 1 atom stereocenters. The minimum absolute atomic E-state index is 0.370. The van der Waals surface area contributed by atoms with Gasteiger partial charge in [0.2, 0.25) is 0 Å². The Morgan fingerprint density at radius 2 is 2.19 bits per heavy atom. The Morgan fingerprint density at radius 1 is 1.50 bits per heavy atom. The van der Waals surface area contributed by atoms with Crippen LogP contribution in [0, 0.1) is 23.0 Å². The van der Waals surface area contributed by atoms with E-state index >= 15 is 0 Å². The zero-order valence-corrected chi connectivity index (χ0v) is 9.65. The van der Waals surface area contributed by atoms with E-state index in [-0.39, 0.29) is 0 Å². The largest absolute Gasteiger partial charge is 0.314 e. The fourth-order valence-electron chi connectivity index (χ4n) is 1.02. The van der Waals surface area contributed by atoms with Crippen LogP contribution in [0.4, 0.5) is 8.78 Å². The zero-order chi connectivity index (χ0) is 12.2. The molecule has 16 heavy (non-hydrogen) atoms. The molecule has 86 valence electrons. The molecule has 5 heteroatoms. The molecule has 1 unspecified atom stereocenters. The van der Waals surface area contributed by atoms with Crippen LogP contribution in [0.25, 0.3) is 0 Å². The Morgan fingerprint density at radius 3 is 2.75 bits per heavy atom. The molecule has 0 saturated heterocycles. The number of thioether (sulfide) groups is 1. The first-order valence-electron chi connectivity index (χ1n) is 4.72. The van der Waals surface area contributed by atoms with Crippen LogP contribution >= 0.6 is 11.8 Å². The van der Waals surface area contributed by atoms with Gasteiger partial charge in [0.15, 0.2) is 0 Å². The summed E-state index contributed by atoms with van der Waals surface area (Å²) in [6.45, 7) is 1.62. The van der Waals surface area contributed by atoms with E-state index in [0.717, 1.165) is 6.07 Å². The van der Waals surface area contributed by atoms with Gasteiger partial charge in [-0.25, -0.2) is 8.78 Å². The average molecular weight is 242 g/mol. The maximum Gasteiger partial charge on any atom is 0.139 e. The number of benzene rings is 1. The van der Waals surface area contributed by atoms with Gasteiger partial charge in [0, 0.05) is 16.7 Å². The van der Waals surface area contributed by atoms with Crippen molar-refractivity contribution in [3.05, 3.63) is 29.8 Å². The van der Waals surface area contributed by atoms with E-state index in [1.54, 1.807) is 6.92 Å². The Kier molecular flexibility index (Phi) is 4.27. The molecule has 0 amide bonds. The van der Waals surface area contributed by atoms with Gasteiger partial charge in [0.25, 0.3) is 0 Å². The number of nitriles is 1. The van der Waals surface area contributed by atoms with Crippen molar-refractivity contribution in [1.82, 2.24) is 0 Å². The molecule has 2 N–H and O–H groups in total. The van der Waals surface area contributed by atoms with Gasteiger partial charge in [-0.3, -0.25) is 0 Å². The molecule has 0 aromatic heterocycles. The summed E-state index contributed by atoms with van der Waals surface area (Å²) in [5, 5.41) is 8.67. The second-order valence-electron chi connectivity index (χ2n) is 3.70. The molecule has 0 aliphatic carbocycles. The monoisotopic (exact) mass is 242 g/mol. The summed E-state index contributed by atoms with van der Waals surface area (Å²) in [5.74, 6) is -0.661.